The number of hydrogen-bond donors (Lipinski definition) is 1. The van der Waals surface area contributed by atoms with Crippen LogP contribution in [0.4, 0.5) is 0 Å². The zero-order valence-electron chi connectivity index (χ0n) is 4.83. The molecule has 0 aliphatic heterocycles. The molecule has 0 saturated heterocycles. The van der Waals surface area contributed by atoms with E-state index in [1.807, 2.05) is 6.07 Å². The zero-order chi connectivity index (χ0) is 6.69. The molecular weight excluding hydrogens is 181 g/mol. The van der Waals surface area contributed by atoms with Crippen molar-refractivity contribution in [2.24, 2.45) is 5.73 Å². The van der Waals surface area contributed by atoms with Crippen molar-refractivity contribution in [1.82, 2.24) is 0 Å². The Morgan fingerprint density at radius 3 is 3.00 bits per heavy atom. The molecule has 2 N–H and O–H groups in total. The van der Waals surface area contributed by atoms with Crippen LogP contribution in [0, 0.1) is 0 Å². The second-order valence-corrected chi connectivity index (χ2v) is 3.41. The third-order valence-corrected chi connectivity index (χ3v) is 2.49. The van der Waals surface area contributed by atoms with Crippen LogP contribution in [-0.2, 0) is 11.2 Å². The molecule has 1 amide bonds. The predicted octanol–water partition coefficient (Wildman–Crippen LogP) is -0.229. The number of carbonyl (C=O) groups is 1. The second-order valence-electron chi connectivity index (χ2n) is 1.77. The fourth-order valence-electron chi connectivity index (χ4n) is 0.594. The van der Waals surface area contributed by atoms with E-state index < -0.39 is 0 Å². The molecule has 0 spiro atoms. The van der Waals surface area contributed by atoms with Crippen LogP contribution in [0.3, 0.4) is 0 Å². The van der Waals surface area contributed by atoms with Gasteiger partial charge in [0.2, 0.25) is 0 Å². The van der Waals surface area contributed by atoms with Crippen molar-refractivity contribution >= 4 is 20.4 Å². The van der Waals surface area contributed by atoms with Gasteiger partial charge in [-0.3, -0.25) is 0 Å². The second kappa shape index (κ2) is 2.85. The van der Waals surface area contributed by atoms with Crippen molar-refractivity contribution in [3.8, 4) is 0 Å². The van der Waals surface area contributed by atoms with E-state index in [0.29, 0.717) is 20.9 Å². The van der Waals surface area contributed by atoms with Gasteiger partial charge in [-0.15, -0.1) is 0 Å². The quantitative estimate of drug-likeness (QED) is 0.640. The third kappa shape index (κ3) is 2.04. The number of hydrogen-bond acceptors (Lipinski definition) is 1. The van der Waals surface area contributed by atoms with Gasteiger partial charge in [0.05, 0.1) is 0 Å². The van der Waals surface area contributed by atoms with Gasteiger partial charge in [-0.25, -0.2) is 0 Å². The number of primary amides is 1. The summed E-state index contributed by atoms with van der Waals surface area (Å²) >= 11 is 0.477. The molecule has 2 nitrogen and oxygen atoms in total. The first kappa shape index (κ1) is 6.59. The predicted molar refractivity (Wildman–Crippen MR) is 36.3 cm³/mol. The summed E-state index contributed by atoms with van der Waals surface area (Å²) < 4.78 is 0. The van der Waals surface area contributed by atoms with Crippen molar-refractivity contribution in [3.05, 3.63) is 21.5 Å². The molecule has 0 aliphatic carbocycles. The SMILES string of the molecule is NC(=O)Cc1cc[se]c1. The van der Waals surface area contributed by atoms with Crippen LogP contribution in [0.2, 0.25) is 0 Å². The van der Waals surface area contributed by atoms with E-state index in [0.717, 1.165) is 5.56 Å². The zero-order valence-corrected chi connectivity index (χ0v) is 6.55. The molecule has 1 heterocycles. The molecule has 1 rings (SSSR count). The van der Waals surface area contributed by atoms with Gasteiger partial charge in [-0.05, 0) is 0 Å². The number of carbonyl (C=O) groups excluding carboxylic acids is 1. The van der Waals surface area contributed by atoms with E-state index in [-0.39, 0.29) is 5.91 Å². The number of rotatable bonds is 2. The van der Waals surface area contributed by atoms with Crippen molar-refractivity contribution in [1.29, 1.82) is 0 Å². The Hall–Kier alpha value is -0.531. The average Bonchev–Trinajstić information content (AvgIpc) is 2.15. The van der Waals surface area contributed by atoms with Crippen LogP contribution < -0.4 is 5.73 Å². The van der Waals surface area contributed by atoms with Gasteiger partial charge in [0, 0.05) is 0 Å². The third-order valence-electron chi connectivity index (χ3n) is 0.958. The fourth-order valence-corrected chi connectivity index (χ4v) is 2.00. The maximum absolute atomic E-state index is 10.3. The van der Waals surface area contributed by atoms with E-state index in [1.165, 1.54) is 0 Å². The molecule has 0 unspecified atom stereocenters. The van der Waals surface area contributed by atoms with Crippen LogP contribution in [-0.4, -0.2) is 20.4 Å². The Morgan fingerprint density at radius 2 is 2.56 bits per heavy atom. The first-order chi connectivity index (χ1) is 4.29. The molecule has 0 radical (unpaired) electrons. The van der Waals surface area contributed by atoms with Crippen LogP contribution >= 0.6 is 0 Å². The average molecular weight is 188 g/mol. The van der Waals surface area contributed by atoms with Gasteiger partial charge in [0.15, 0.2) is 0 Å². The molecule has 3 heteroatoms. The Bertz CT molecular complexity index is 193. The molecule has 0 atom stereocenters. The topological polar surface area (TPSA) is 43.1 Å². The van der Waals surface area contributed by atoms with E-state index >= 15 is 0 Å². The Morgan fingerprint density at radius 1 is 1.78 bits per heavy atom. The summed E-state index contributed by atoms with van der Waals surface area (Å²) in [6, 6.07) is 1.96. The van der Waals surface area contributed by atoms with Gasteiger partial charge in [-0.1, -0.05) is 0 Å². The van der Waals surface area contributed by atoms with Gasteiger partial charge in [0.25, 0.3) is 0 Å². The Labute approximate surface area is 59.4 Å². The van der Waals surface area contributed by atoms with E-state index in [9.17, 15) is 4.79 Å². The van der Waals surface area contributed by atoms with Crippen LogP contribution in [0.15, 0.2) is 15.9 Å². The Balaban J connectivity index is 2.58. The minimum atomic E-state index is -0.247. The van der Waals surface area contributed by atoms with Gasteiger partial charge in [0.1, 0.15) is 0 Å². The van der Waals surface area contributed by atoms with Gasteiger partial charge < -0.3 is 0 Å². The molecule has 0 fully saturated rings. The van der Waals surface area contributed by atoms with Crippen molar-refractivity contribution < 1.29 is 4.79 Å². The monoisotopic (exact) mass is 189 g/mol. The molecule has 1 aromatic heterocycles. The standard InChI is InChI=1S/C6H7NOSe/c7-6(8)3-5-1-2-9-4-5/h1-2,4H,3H2,(H2,7,8). The summed E-state index contributed by atoms with van der Waals surface area (Å²) in [6.45, 7) is 0. The summed E-state index contributed by atoms with van der Waals surface area (Å²) in [4.78, 5) is 14.5. The van der Waals surface area contributed by atoms with Crippen LogP contribution in [0.5, 0.6) is 0 Å². The molecule has 0 bridgehead atoms. The van der Waals surface area contributed by atoms with E-state index in [2.05, 4.69) is 9.88 Å². The molecule has 48 valence electrons. The van der Waals surface area contributed by atoms with Crippen molar-refractivity contribution in [3.63, 3.8) is 0 Å². The first-order valence-corrected chi connectivity index (χ1v) is 4.56. The van der Waals surface area contributed by atoms with Crippen LogP contribution in [0.25, 0.3) is 0 Å². The van der Waals surface area contributed by atoms with E-state index in [1.54, 1.807) is 0 Å². The normalized spacial score (nSPS) is 9.33. The Kier molecular flexibility index (Phi) is 2.09. The molecule has 0 aromatic carbocycles. The summed E-state index contributed by atoms with van der Waals surface area (Å²) in [7, 11) is 0. The molecule has 0 saturated carbocycles. The maximum atomic E-state index is 10.3. The summed E-state index contributed by atoms with van der Waals surface area (Å²) in [5, 5.41) is 0. The summed E-state index contributed by atoms with van der Waals surface area (Å²) in [6.07, 6.45) is 0.401. The van der Waals surface area contributed by atoms with Gasteiger partial charge in [-0.2, -0.15) is 0 Å². The minimum absolute atomic E-state index is 0.247. The van der Waals surface area contributed by atoms with E-state index in [4.69, 9.17) is 5.73 Å². The molecule has 9 heavy (non-hydrogen) atoms. The first-order valence-electron chi connectivity index (χ1n) is 2.58. The van der Waals surface area contributed by atoms with Gasteiger partial charge >= 0.3 is 58.9 Å². The van der Waals surface area contributed by atoms with Crippen molar-refractivity contribution in [2.75, 3.05) is 0 Å². The molecule has 0 aliphatic rings. The molecule has 1 aromatic rings. The summed E-state index contributed by atoms with van der Waals surface area (Å²) in [5.74, 6) is -0.247. The van der Waals surface area contributed by atoms with Crippen LogP contribution in [0.1, 0.15) is 5.56 Å². The number of amides is 1. The van der Waals surface area contributed by atoms with Crippen molar-refractivity contribution in [2.45, 2.75) is 6.42 Å². The molecular formula is C6H7NOSe. The fraction of sp³-hybridized carbons (Fsp3) is 0.167. The summed E-state index contributed by atoms with van der Waals surface area (Å²) in [5.41, 5.74) is 6.04. The number of nitrogens with two attached hydrogens (primary N) is 1.